The minimum atomic E-state index is -3.60. The highest BCUT2D eigenvalue weighted by Gasteiger charge is 2.21. The number of hydrogen-bond acceptors (Lipinski definition) is 6. The topological polar surface area (TPSA) is 94.6 Å². The van der Waals surface area contributed by atoms with Gasteiger partial charge in [0.2, 0.25) is 10.0 Å². The van der Waals surface area contributed by atoms with Crippen LogP contribution in [0.3, 0.4) is 0 Å². The Labute approximate surface area is 187 Å². The van der Waals surface area contributed by atoms with Crippen LogP contribution in [-0.2, 0) is 16.6 Å². The van der Waals surface area contributed by atoms with Crippen LogP contribution >= 0.6 is 0 Å². The smallest absolute Gasteiger partial charge is 0.264 e. The van der Waals surface area contributed by atoms with Crippen LogP contribution < -0.4 is 14.2 Å². The van der Waals surface area contributed by atoms with Gasteiger partial charge in [-0.05, 0) is 60.7 Å². The molecule has 0 unspecified atom stereocenters. The molecule has 1 heterocycles. The minimum absolute atomic E-state index is 0.261. The molecule has 1 aliphatic rings. The molecule has 0 atom stereocenters. The predicted molar refractivity (Wildman–Crippen MR) is 121 cm³/mol. The maximum atomic E-state index is 11.9. The molecule has 1 amide bonds. The lowest BCUT2D eigenvalue weighted by atomic mass is 10.1. The number of amides is 1. The van der Waals surface area contributed by atoms with Gasteiger partial charge < -0.3 is 9.47 Å². The number of carbonyl (C=O) groups is 1. The summed E-state index contributed by atoms with van der Waals surface area (Å²) in [5, 5.41) is 0. The number of ether oxygens (including phenoxy) is 2. The van der Waals surface area contributed by atoms with E-state index in [0.717, 1.165) is 35.4 Å². The van der Waals surface area contributed by atoms with Crippen molar-refractivity contribution < 1.29 is 22.7 Å². The number of nitrogens with one attached hydrogen (secondary N) is 1. The number of nitrogens with zero attached hydrogens (tertiary/aromatic N) is 1. The van der Waals surface area contributed by atoms with Crippen molar-refractivity contribution >= 4 is 15.9 Å². The second kappa shape index (κ2) is 9.40. The van der Waals surface area contributed by atoms with E-state index in [4.69, 9.17) is 9.47 Å². The van der Waals surface area contributed by atoms with Gasteiger partial charge in [0.1, 0.15) is 18.1 Å². The Hall–Kier alpha value is -3.39. The van der Waals surface area contributed by atoms with Crippen molar-refractivity contribution in [2.75, 3.05) is 12.9 Å². The molecule has 1 saturated carbocycles. The van der Waals surface area contributed by atoms with E-state index < -0.39 is 15.9 Å². The number of aromatic nitrogens is 1. The fourth-order valence-electron chi connectivity index (χ4n) is 3.03. The zero-order valence-corrected chi connectivity index (χ0v) is 18.5. The van der Waals surface area contributed by atoms with Gasteiger partial charge in [0.05, 0.1) is 24.8 Å². The van der Waals surface area contributed by atoms with Crippen molar-refractivity contribution in [2.24, 2.45) is 5.92 Å². The summed E-state index contributed by atoms with van der Waals surface area (Å²) in [7, 11) is -3.60. The number of carbonyl (C=O) groups excluding carboxylic acids is 1. The summed E-state index contributed by atoms with van der Waals surface area (Å²) in [6, 6.07) is 18.1. The molecule has 7 nitrogen and oxygen atoms in total. The van der Waals surface area contributed by atoms with Gasteiger partial charge in [-0.3, -0.25) is 9.78 Å². The molecule has 166 valence electrons. The Kier molecular flexibility index (Phi) is 6.41. The van der Waals surface area contributed by atoms with Gasteiger partial charge in [-0.1, -0.05) is 24.3 Å². The summed E-state index contributed by atoms with van der Waals surface area (Å²) in [6.45, 7) is 1.06. The number of benzene rings is 2. The highest BCUT2D eigenvalue weighted by atomic mass is 32.2. The molecule has 1 N–H and O–H groups in total. The number of pyridine rings is 1. The van der Waals surface area contributed by atoms with Gasteiger partial charge in [-0.15, -0.1) is 0 Å². The molecule has 0 radical (unpaired) electrons. The lowest BCUT2D eigenvalue weighted by Crippen LogP contribution is -2.29. The largest absolute Gasteiger partial charge is 0.492 e. The van der Waals surface area contributed by atoms with Crippen LogP contribution in [-0.4, -0.2) is 32.2 Å². The molecular weight excluding hydrogens is 428 g/mol. The van der Waals surface area contributed by atoms with E-state index in [2.05, 4.69) is 4.98 Å². The summed E-state index contributed by atoms with van der Waals surface area (Å²) < 4.78 is 35.9. The third-order valence-electron chi connectivity index (χ3n) is 4.95. The summed E-state index contributed by atoms with van der Waals surface area (Å²) in [5.74, 6) is 1.51. The first-order chi connectivity index (χ1) is 15.4. The second-order valence-corrected chi connectivity index (χ2v) is 9.60. The summed E-state index contributed by atoms with van der Waals surface area (Å²) in [4.78, 5) is 16.4. The lowest BCUT2D eigenvalue weighted by molar-refractivity contribution is 0.0981. The van der Waals surface area contributed by atoms with E-state index in [1.807, 2.05) is 41.1 Å². The molecule has 0 aliphatic heterocycles. The van der Waals surface area contributed by atoms with Crippen LogP contribution in [0.4, 0.5) is 0 Å². The van der Waals surface area contributed by atoms with Crippen LogP contribution in [0.5, 0.6) is 11.5 Å². The molecule has 1 aliphatic carbocycles. The Balaban J connectivity index is 1.35. The Morgan fingerprint density at radius 1 is 1.03 bits per heavy atom. The lowest BCUT2D eigenvalue weighted by Gasteiger charge is -2.10. The zero-order valence-electron chi connectivity index (χ0n) is 17.7. The molecule has 0 spiro atoms. The number of sulfonamides is 1. The maximum Gasteiger partial charge on any atom is 0.264 e. The quantitative estimate of drug-likeness (QED) is 0.531. The molecule has 1 aromatic heterocycles. The van der Waals surface area contributed by atoms with Crippen molar-refractivity contribution in [3.8, 4) is 22.8 Å². The van der Waals surface area contributed by atoms with Gasteiger partial charge in [0, 0.05) is 11.1 Å². The zero-order chi connectivity index (χ0) is 22.6. The van der Waals surface area contributed by atoms with E-state index in [0.29, 0.717) is 18.3 Å². The van der Waals surface area contributed by atoms with E-state index in [-0.39, 0.29) is 5.56 Å². The highest BCUT2D eigenvalue weighted by molar-refractivity contribution is 7.89. The summed E-state index contributed by atoms with van der Waals surface area (Å²) in [6.07, 6.45) is 5.18. The van der Waals surface area contributed by atoms with E-state index >= 15 is 0 Å². The van der Waals surface area contributed by atoms with Crippen molar-refractivity contribution in [2.45, 2.75) is 19.4 Å². The molecular formula is C24H24N2O5S. The molecule has 0 bridgehead atoms. The second-order valence-electron chi connectivity index (χ2n) is 7.85. The fraction of sp³-hybridized carbons (Fsp3) is 0.250. The van der Waals surface area contributed by atoms with Gasteiger partial charge in [-0.25, -0.2) is 13.1 Å². The van der Waals surface area contributed by atoms with Crippen LogP contribution in [0.25, 0.3) is 11.3 Å². The molecule has 8 heteroatoms. The third-order valence-corrected chi connectivity index (χ3v) is 5.50. The first-order valence-electron chi connectivity index (χ1n) is 10.3. The van der Waals surface area contributed by atoms with E-state index in [1.165, 1.54) is 12.8 Å². The van der Waals surface area contributed by atoms with Gasteiger partial charge in [0.25, 0.3) is 5.91 Å². The Morgan fingerprint density at radius 2 is 1.81 bits per heavy atom. The van der Waals surface area contributed by atoms with Gasteiger partial charge in [-0.2, -0.15) is 0 Å². The Bertz CT molecular complexity index is 1190. The van der Waals surface area contributed by atoms with Crippen molar-refractivity contribution in [1.82, 2.24) is 9.71 Å². The molecule has 0 saturated heterocycles. The predicted octanol–water partition coefficient (Wildman–Crippen LogP) is 3.81. The monoisotopic (exact) mass is 452 g/mol. The number of hydrogen-bond donors (Lipinski definition) is 1. The minimum Gasteiger partial charge on any atom is -0.492 e. The van der Waals surface area contributed by atoms with Crippen molar-refractivity contribution in [1.29, 1.82) is 0 Å². The molecule has 3 aromatic rings. The van der Waals surface area contributed by atoms with E-state index in [9.17, 15) is 13.2 Å². The average molecular weight is 453 g/mol. The van der Waals surface area contributed by atoms with Crippen molar-refractivity contribution in [3.05, 3.63) is 78.0 Å². The van der Waals surface area contributed by atoms with Crippen LogP contribution in [0.2, 0.25) is 0 Å². The SMILES string of the molecule is CS(=O)(=O)NC(=O)c1ccc(COc2cccc(-c3ccc(OCC4CC4)cn3)c2)cc1. The van der Waals surface area contributed by atoms with Crippen LogP contribution in [0, 0.1) is 5.92 Å². The summed E-state index contributed by atoms with van der Waals surface area (Å²) >= 11 is 0. The van der Waals surface area contributed by atoms with Crippen LogP contribution in [0.1, 0.15) is 28.8 Å². The normalized spacial score (nSPS) is 13.4. The Morgan fingerprint density at radius 3 is 2.47 bits per heavy atom. The van der Waals surface area contributed by atoms with Crippen LogP contribution in [0.15, 0.2) is 66.9 Å². The first kappa shape index (κ1) is 21.8. The fourth-order valence-corrected chi connectivity index (χ4v) is 3.48. The van der Waals surface area contributed by atoms with Gasteiger partial charge >= 0.3 is 0 Å². The maximum absolute atomic E-state index is 11.9. The van der Waals surface area contributed by atoms with Gasteiger partial charge in [0.15, 0.2) is 0 Å². The van der Waals surface area contributed by atoms with Crippen molar-refractivity contribution in [3.63, 3.8) is 0 Å². The standard InChI is InChI=1S/C24H24N2O5S/c1-32(28,29)26-24(27)19-9-7-18(8-10-19)15-30-21-4-2-3-20(13-21)23-12-11-22(14-25-23)31-16-17-5-6-17/h2-4,7-14,17H,5-6,15-16H2,1H3,(H,26,27). The third kappa shape index (κ3) is 6.31. The summed E-state index contributed by atoms with van der Waals surface area (Å²) in [5.41, 5.74) is 2.87. The first-order valence-corrected chi connectivity index (χ1v) is 12.2. The molecule has 2 aromatic carbocycles. The highest BCUT2D eigenvalue weighted by Crippen LogP contribution is 2.30. The average Bonchev–Trinajstić information content (AvgIpc) is 3.61. The number of rotatable bonds is 9. The van der Waals surface area contributed by atoms with E-state index in [1.54, 1.807) is 30.5 Å². The molecule has 4 rings (SSSR count). The molecule has 1 fully saturated rings. The molecule has 32 heavy (non-hydrogen) atoms.